The van der Waals surface area contributed by atoms with Crippen molar-refractivity contribution in [3.05, 3.63) is 42.7 Å². The van der Waals surface area contributed by atoms with Crippen LogP contribution in [0.15, 0.2) is 42.7 Å². The fraction of sp³-hybridized carbons (Fsp3) is 0.250. The second-order valence-corrected chi connectivity index (χ2v) is 5.24. The number of fused-ring (bicyclic) bond motifs is 1. The first kappa shape index (κ1) is 12.7. The van der Waals surface area contributed by atoms with Gasteiger partial charge in [-0.15, -0.1) is 0 Å². The zero-order chi connectivity index (χ0) is 14.1. The summed E-state index contributed by atoms with van der Waals surface area (Å²) in [5, 5.41) is 4.45. The van der Waals surface area contributed by atoms with Crippen molar-refractivity contribution in [2.75, 3.05) is 5.32 Å². The van der Waals surface area contributed by atoms with Crippen molar-refractivity contribution >= 4 is 16.9 Å². The summed E-state index contributed by atoms with van der Waals surface area (Å²) in [6, 6.07) is 10.6. The molecule has 3 aromatic rings. The Morgan fingerprint density at radius 1 is 1.15 bits per heavy atom. The summed E-state index contributed by atoms with van der Waals surface area (Å²) in [7, 11) is 2.06. The number of benzene rings is 1. The van der Waals surface area contributed by atoms with E-state index in [0.717, 1.165) is 11.3 Å². The molecule has 0 aliphatic rings. The third kappa shape index (κ3) is 2.25. The van der Waals surface area contributed by atoms with Gasteiger partial charge < -0.3 is 9.88 Å². The van der Waals surface area contributed by atoms with Gasteiger partial charge in [0.25, 0.3) is 0 Å². The monoisotopic (exact) mass is 266 g/mol. The number of nitrogens with one attached hydrogen (secondary N) is 1. The van der Waals surface area contributed by atoms with Gasteiger partial charge in [0.05, 0.1) is 5.69 Å². The van der Waals surface area contributed by atoms with E-state index in [9.17, 15) is 0 Å². The van der Waals surface area contributed by atoms with E-state index in [0.29, 0.717) is 12.0 Å². The predicted molar refractivity (Wildman–Crippen MR) is 82.7 cm³/mol. The Morgan fingerprint density at radius 3 is 2.75 bits per heavy atom. The molecule has 4 nitrogen and oxygen atoms in total. The fourth-order valence-corrected chi connectivity index (χ4v) is 2.38. The Balaban J connectivity index is 2.11. The summed E-state index contributed by atoms with van der Waals surface area (Å²) in [4.78, 5) is 8.87. The van der Waals surface area contributed by atoms with Crippen LogP contribution in [0.1, 0.15) is 13.8 Å². The molecule has 1 N–H and O–H groups in total. The van der Waals surface area contributed by atoms with Crippen LogP contribution in [0.4, 0.5) is 5.95 Å². The maximum atomic E-state index is 4.61. The van der Waals surface area contributed by atoms with Crippen molar-refractivity contribution in [2.24, 2.45) is 7.05 Å². The molecule has 4 heteroatoms. The van der Waals surface area contributed by atoms with Gasteiger partial charge >= 0.3 is 0 Å². The molecule has 0 unspecified atom stereocenters. The van der Waals surface area contributed by atoms with E-state index in [2.05, 4.69) is 71.2 Å². The molecule has 0 saturated heterocycles. The summed E-state index contributed by atoms with van der Waals surface area (Å²) < 4.78 is 2.13. The second kappa shape index (κ2) is 4.96. The summed E-state index contributed by atoms with van der Waals surface area (Å²) in [5.41, 5.74) is 3.29. The third-order valence-electron chi connectivity index (χ3n) is 3.25. The lowest BCUT2D eigenvalue weighted by Crippen LogP contribution is -2.12. The summed E-state index contributed by atoms with van der Waals surface area (Å²) in [6.45, 7) is 4.15. The number of para-hydroxylation sites is 1. The van der Waals surface area contributed by atoms with Gasteiger partial charge in [-0.2, -0.15) is 0 Å². The first-order valence-corrected chi connectivity index (χ1v) is 6.79. The average molecular weight is 266 g/mol. The number of aromatic nitrogens is 3. The van der Waals surface area contributed by atoms with Crippen molar-refractivity contribution in [1.29, 1.82) is 0 Å². The van der Waals surface area contributed by atoms with E-state index in [1.165, 1.54) is 10.9 Å². The lowest BCUT2D eigenvalue weighted by molar-refractivity contribution is 0.875. The maximum absolute atomic E-state index is 4.61. The van der Waals surface area contributed by atoms with E-state index >= 15 is 0 Å². The van der Waals surface area contributed by atoms with Crippen LogP contribution < -0.4 is 5.32 Å². The van der Waals surface area contributed by atoms with Crippen molar-refractivity contribution in [3.63, 3.8) is 0 Å². The fourth-order valence-electron chi connectivity index (χ4n) is 2.38. The van der Waals surface area contributed by atoms with Gasteiger partial charge in [0.15, 0.2) is 0 Å². The molecule has 0 aliphatic carbocycles. The highest BCUT2D eigenvalue weighted by molar-refractivity contribution is 5.95. The minimum Gasteiger partial charge on any atom is -0.352 e. The first-order valence-electron chi connectivity index (χ1n) is 6.79. The van der Waals surface area contributed by atoms with E-state index in [1.807, 2.05) is 6.07 Å². The third-order valence-corrected chi connectivity index (χ3v) is 3.25. The molecule has 2 heterocycles. The van der Waals surface area contributed by atoms with Gasteiger partial charge in [-0.05, 0) is 26.0 Å². The number of hydrogen-bond donors (Lipinski definition) is 1. The average Bonchev–Trinajstić information content (AvgIpc) is 2.76. The molecule has 0 fully saturated rings. The largest absolute Gasteiger partial charge is 0.352 e. The van der Waals surface area contributed by atoms with Crippen LogP contribution in [0.3, 0.4) is 0 Å². The van der Waals surface area contributed by atoms with Crippen molar-refractivity contribution in [1.82, 2.24) is 14.5 Å². The first-order chi connectivity index (χ1) is 9.65. The van der Waals surface area contributed by atoms with Gasteiger partial charge in [-0.3, -0.25) is 0 Å². The number of hydrogen-bond acceptors (Lipinski definition) is 3. The molecule has 0 saturated carbocycles. The maximum Gasteiger partial charge on any atom is 0.223 e. The highest BCUT2D eigenvalue weighted by Crippen LogP contribution is 2.28. The molecule has 1 aromatic carbocycles. The van der Waals surface area contributed by atoms with Crippen LogP contribution in [0.2, 0.25) is 0 Å². The van der Waals surface area contributed by atoms with E-state index in [4.69, 9.17) is 0 Å². The van der Waals surface area contributed by atoms with Gasteiger partial charge in [-0.25, -0.2) is 9.97 Å². The lowest BCUT2D eigenvalue weighted by atomic mass is 10.1. The van der Waals surface area contributed by atoms with Crippen LogP contribution in [0, 0.1) is 0 Å². The van der Waals surface area contributed by atoms with Crippen LogP contribution in [0.5, 0.6) is 0 Å². The number of nitrogens with zero attached hydrogens (tertiary/aromatic N) is 3. The van der Waals surface area contributed by atoms with E-state index in [1.54, 1.807) is 6.20 Å². The number of aryl methyl sites for hydroxylation is 1. The molecule has 0 bridgehead atoms. The minimum absolute atomic E-state index is 0.317. The molecular weight excluding hydrogens is 248 g/mol. The zero-order valence-corrected chi connectivity index (χ0v) is 12.0. The van der Waals surface area contributed by atoms with Gasteiger partial charge in [0.1, 0.15) is 0 Å². The molecule has 0 spiro atoms. The number of anilines is 1. The Hall–Kier alpha value is -2.36. The molecule has 20 heavy (non-hydrogen) atoms. The normalized spacial score (nSPS) is 11.2. The van der Waals surface area contributed by atoms with E-state index < -0.39 is 0 Å². The summed E-state index contributed by atoms with van der Waals surface area (Å²) in [5.74, 6) is 0.672. The summed E-state index contributed by atoms with van der Waals surface area (Å²) in [6.07, 6.45) is 3.92. The highest BCUT2D eigenvalue weighted by atomic mass is 15.1. The predicted octanol–water partition coefficient (Wildman–Crippen LogP) is 3.46. The second-order valence-electron chi connectivity index (χ2n) is 5.24. The van der Waals surface area contributed by atoms with Gasteiger partial charge in [0, 0.05) is 41.9 Å². The Kier molecular flexibility index (Phi) is 3.14. The van der Waals surface area contributed by atoms with Crippen LogP contribution in [-0.2, 0) is 7.05 Å². The molecule has 3 rings (SSSR count). The quantitative estimate of drug-likeness (QED) is 0.789. The van der Waals surface area contributed by atoms with Gasteiger partial charge in [0.2, 0.25) is 5.95 Å². The Labute approximate surface area is 118 Å². The summed E-state index contributed by atoms with van der Waals surface area (Å²) >= 11 is 0. The van der Waals surface area contributed by atoms with Crippen molar-refractivity contribution in [2.45, 2.75) is 19.9 Å². The van der Waals surface area contributed by atoms with E-state index in [-0.39, 0.29) is 0 Å². The highest BCUT2D eigenvalue weighted by Gasteiger charge is 2.10. The van der Waals surface area contributed by atoms with Crippen LogP contribution >= 0.6 is 0 Å². The zero-order valence-electron chi connectivity index (χ0n) is 12.0. The van der Waals surface area contributed by atoms with Crippen LogP contribution in [0.25, 0.3) is 22.2 Å². The molecular formula is C16H18N4. The topological polar surface area (TPSA) is 42.7 Å². The minimum atomic E-state index is 0.317. The smallest absolute Gasteiger partial charge is 0.223 e. The molecule has 0 amide bonds. The molecule has 0 aliphatic heterocycles. The lowest BCUT2D eigenvalue weighted by Gasteiger charge is -2.08. The molecule has 0 atom stereocenters. The molecule has 0 radical (unpaired) electrons. The molecule has 2 aromatic heterocycles. The van der Waals surface area contributed by atoms with Gasteiger partial charge in [-0.1, -0.05) is 18.2 Å². The van der Waals surface area contributed by atoms with Crippen LogP contribution in [-0.4, -0.2) is 20.6 Å². The Morgan fingerprint density at radius 2 is 1.95 bits per heavy atom. The molecule has 102 valence electrons. The Bertz CT molecular complexity index is 743. The number of rotatable bonds is 3. The SMILES string of the molecule is CC(C)Nc1nccc(-c2cn(C)c3ccccc23)n1. The van der Waals surface area contributed by atoms with Crippen molar-refractivity contribution in [3.8, 4) is 11.3 Å². The standard InChI is InChI=1S/C16H18N4/c1-11(2)18-16-17-9-8-14(19-16)13-10-20(3)15-7-5-4-6-12(13)15/h4-11H,1-3H3,(H,17,18,19). The van der Waals surface area contributed by atoms with Crippen molar-refractivity contribution < 1.29 is 0 Å².